The zero-order valence-electron chi connectivity index (χ0n) is 13.6. The molecule has 1 aromatic carbocycles. The molecule has 0 saturated heterocycles. The van der Waals surface area contributed by atoms with E-state index in [0.717, 1.165) is 17.8 Å². The summed E-state index contributed by atoms with van der Waals surface area (Å²) in [6, 6.07) is 7.75. The molecular weight excluding hydrogens is 264 g/mol. The first-order valence-electron chi connectivity index (χ1n) is 7.56. The molecule has 0 aliphatic heterocycles. The van der Waals surface area contributed by atoms with Crippen LogP contribution < -0.4 is 5.73 Å². The molecule has 1 amide bonds. The molecule has 0 aliphatic rings. The van der Waals surface area contributed by atoms with Gasteiger partial charge in [-0.2, -0.15) is 0 Å². The number of nitrogens with zero attached hydrogens (tertiary/aromatic N) is 1. The number of methoxy groups -OCH3 is 1. The monoisotopic (exact) mass is 292 g/mol. The summed E-state index contributed by atoms with van der Waals surface area (Å²) in [5.41, 5.74) is 7.59. The van der Waals surface area contributed by atoms with Crippen LogP contribution in [0.2, 0.25) is 0 Å². The fourth-order valence-corrected chi connectivity index (χ4v) is 2.29. The number of nitrogen functional groups attached to an aromatic ring is 1. The average molecular weight is 292 g/mol. The van der Waals surface area contributed by atoms with Gasteiger partial charge in [0.15, 0.2) is 0 Å². The van der Waals surface area contributed by atoms with Crippen LogP contribution in [0.1, 0.15) is 38.7 Å². The minimum atomic E-state index is 0.185. The number of carbonyl (C=O) groups is 1. The molecule has 0 bridgehead atoms. The third-order valence-corrected chi connectivity index (χ3v) is 3.49. The molecule has 2 N–H and O–H groups in total. The average Bonchev–Trinajstić information content (AvgIpc) is 2.43. The van der Waals surface area contributed by atoms with Crippen LogP contribution in [0.15, 0.2) is 24.3 Å². The Morgan fingerprint density at radius 1 is 1.24 bits per heavy atom. The standard InChI is InChI=1S/C17H28N2O2/c1-13(2)12-19(9-10-21-4)17(20)11-14(3)15-5-7-16(18)8-6-15/h5-8,13-14H,9-12,18H2,1-4H3. The molecule has 0 aliphatic carbocycles. The van der Waals surface area contributed by atoms with Crippen molar-refractivity contribution in [2.75, 3.05) is 32.5 Å². The Labute approximate surface area is 128 Å². The number of benzene rings is 1. The quantitative estimate of drug-likeness (QED) is 0.750. The van der Waals surface area contributed by atoms with E-state index in [-0.39, 0.29) is 11.8 Å². The van der Waals surface area contributed by atoms with Crippen LogP contribution in [0.3, 0.4) is 0 Å². The highest BCUT2D eigenvalue weighted by Gasteiger charge is 2.18. The lowest BCUT2D eigenvalue weighted by molar-refractivity contribution is -0.132. The number of amides is 1. The maximum absolute atomic E-state index is 12.5. The largest absolute Gasteiger partial charge is 0.399 e. The van der Waals surface area contributed by atoms with Crippen molar-refractivity contribution >= 4 is 11.6 Å². The number of ether oxygens (including phenoxy) is 1. The first-order valence-corrected chi connectivity index (χ1v) is 7.56. The Bertz CT molecular complexity index is 429. The molecule has 1 rings (SSSR count). The molecule has 0 fully saturated rings. The van der Waals surface area contributed by atoms with E-state index < -0.39 is 0 Å². The van der Waals surface area contributed by atoms with Crippen LogP contribution in [0.4, 0.5) is 5.69 Å². The van der Waals surface area contributed by atoms with Crippen molar-refractivity contribution in [2.24, 2.45) is 5.92 Å². The molecule has 0 saturated carbocycles. The predicted octanol–water partition coefficient (Wildman–Crippen LogP) is 2.89. The van der Waals surface area contributed by atoms with Gasteiger partial charge in [0.2, 0.25) is 5.91 Å². The van der Waals surface area contributed by atoms with Crippen molar-refractivity contribution in [2.45, 2.75) is 33.1 Å². The van der Waals surface area contributed by atoms with Gasteiger partial charge in [-0.1, -0.05) is 32.9 Å². The summed E-state index contributed by atoms with van der Waals surface area (Å²) in [6.45, 7) is 8.33. The van der Waals surface area contributed by atoms with Gasteiger partial charge in [-0.05, 0) is 29.5 Å². The predicted molar refractivity (Wildman–Crippen MR) is 87.2 cm³/mol. The van der Waals surface area contributed by atoms with E-state index >= 15 is 0 Å². The second kappa shape index (κ2) is 8.67. The third-order valence-electron chi connectivity index (χ3n) is 3.49. The van der Waals surface area contributed by atoms with Crippen molar-refractivity contribution < 1.29 is 9.53 Å². The van der Waals surface area contributed by atoms with Gasteiger partial charge >= 0.3 is 0 Å². The van der Waals surface area contributed by atoms with E-state index in [2.05, 4.69) is 20.8 Å². The van der Waals surface area contributed by atoms with E-state index in [1.807, 2.05) is 29.2 Å². The maximum atomic E-state index is 12.5. The van der Waals surface area contributed by atoms with Crippen molar-refractivity contribution in [1.29, 1.82) is 0 Å². The topological polar surface area (TPSA) is 55.6 Å². The summed E-state index contributed by atoms with van der Waals surface area (Å²) in [6.07, 6.45) is 0.514. The molecule has 0 radical (unpaired) electrons. The van der Waals surface area contributed by atoms with Gasteiger partial charge in [0, 0.05) is 32.3 Å². The first-order chi connectivity index (χ1) is 9.93. The smallest absolute Gasteiger partial charge is 0.223 e. The number of rotatable bonds is 8. The lowest BCUT2D eigenvalue weighted by Crippen LogP contribution is -2.37. The fourth-order valence-electron chi connectivity index (χ4n) is 2.29. The van der Waals surface area contributed by atoms with Gasteiger partial charge in [-0.25, -0.2) is 0 Å². The molecule has 118 valence electrons. The maximum Gasteiger partial charge on any atom is 0.223 e. The van der Waals surface area contributed by atoms with Gasteiger partial charge in [0.1, 0.15) is 0 Å². The van der Waals surface area contributed by atoms with Gasteiger partial charge in [0.25, 0.3) is 0 Å². The van der Waals surface area contributed by atoms with Crippen molar-refractivity contribution in [3.05, 3.63) is 29.8 Å². The number of anilines is 1. The van der Waals surface area contributed by atoms with Crippen LogP contribution in [0.5, 0.6) is 0 Å². The van der Waals surface area contributed by atoms with Gasteiger partial charge < -0.3 is 15.4 Å². The molecule has 1 atom stereocenters. The van der Waals surface area contributed by atoms with Crippen LogP contribution in [-0.4, -0.2) is 37.6 Å². The molecule has 21 heavy (non-hydrogen) atoms. The van der Waals surface area contributed by atoms with Crippen LogP contribution in [0, 0.1) is 5.92 Å². The minimum Gasteiger partial charge on any atom is -0.399 e. The molecule has 0 spiro atoms. The molecule has 0 heterocycles. The molecule has 0 aromatic heterocycles. The van der Waals surface area contributed by atoms with Crippen molar-refractivity contribution in [1.82, 2.24) is 4.90 Å². The normalized spacial score (nSPS) is 12.4. The van der Waals surface area contributed by atoms with E-state index in [9.17, 15) is 4.79 Å². The molecular formula is C17H28N2O2. The molecule has 4 heteroatoms. The van der Waals surface area contributed by atoms with Gasteiger partial charge in [-0.15, -0.1) is 0 Å². The third kappa shape index (κ3) is 6.17. The fraction of sp³-hybridized carbons (Fsp3) is 0.588. The zero-order chi connectivity index (χ0) is 15.8. The van der Waals surface area contributed by atoms with E-state index in [0.29, 0.717) is 25.5 Å². The number of carbonyl (C=O) groups excluding carboxylic acids is 1. The van der Waals surface area contributed by atoms with Crippen molar-refractivity contribution in [3.8, 4) is 0 Å². The van der Waals surface area contributed by atoms with Crippen LogP contribution in [0.25, 0.3) is 0 Å². The van der Waals surface area contributed by atoms with Gasteiger partial charge in [0.05, 0.1) is 6.61 Å². The highest BCUT2D eigenvalue weighted by molar-refractivity contribution is 5.77. The van der Waals surface area contributed by atoms with Gasteiger partial charge in [-0.3, -0.25) is 4.79 Å². The Morgan fingerprint density at radius 3 is 2.38 bits per heavy atom. The summed E-state index contributed by atoms with van der Waals surface area (Å²) in [5.74, 6) is 0.831. The van der Waals surface area contributed by atoms with Crippen LogP contribution in [-0.2, 0) is 9.53 Å². The van der Waals surface area contributed by atoms with E-state index in [1.165, 1.54) is 0 Å². The summed E-state index contributed by atoms with van der Waals surface area (Å²) in [7, 11) is 1.66. The minimum absolute atomic E-state index is 0.185. The summed E-state index contributed by atoms with van der Waals surface area (Å²) < 4.78 is 5.10. The lowest BCUT2D eigenvalue weighted by Gasteiger charge is -2.26. The number of nitrogens with two attached hydrogens (primary N) is 1. The Morgan fingerprint density at radius 2 is 1.86 bits per heavy atom. The highest BCUT2D eigenvalue weighted by atomic mass is 16.5. The Hall–Kier alpha value is -1.55. The van der Waals surface area contributed by atoms with E-state index in [1.54, 1.807) is 7.11 Å². The summed E-state index contributed by atoms with van der Waals surface area (Å²) in [4.78, 5) is 14.4. The second-order valence-electron chi connectivity index (χ2n) is 6.00. The summed E-state index contributed by atoms with van der Waals surface area (Å²) in [5, 5.41) is 0. The highest BCUT2D eigenvalue weighted by Crippen LogP contribution is 2.21. The molecule has 1 unspecified atom stereocenters. The zero-order valence-corrected chi connectivity index (χ0v) is 13.6. The van der Waals surface area contributed by atoms with E-state index in [4.69, 9.17) is 10.5 Å². The number of hydrogen-bond donors (Lipinski definition) is 1. The Balaban J connectivity index is 2.64. The molecule has 1 aromatic rings. The molecule has 4 nitrogen and oxygen atoms in total. The Kier molecular flexibility index (Phi) is 7.23. The SMILES string of the molecule is COCCN(CC(C)C)C(=O)CC(C)c1ccc(N)cc1. The first kappa shape index (κ1) is 17.5. The second-order valence-corrected chi connectivity index (χ2v) is 6.00. The lowest BCUT2D eigenvalue weighted by atomic mass is 9.97. The number of hydrogen-bond acceptors (Lipinski definition) is 3. The van der Waals surface area contributed by atoms with Crippen LogP contribution >= 0.6 is 0 Å². The summed E-state index contributed by atoms with van der Waals surface area (Å²) >= 11 is 0. The van der Waals surface area contributed by atoms with Crippen molar-refractivity contribution in [3.63, 3.8) is 0 Å².